The summed E-state index contributed by atoms with van der Waals surface area (Å²) in [5.74, 6) is 1.36. The van der Waals surface area contributed by atoms with Gasteiger partial charge in [0, 0.05) is 11.3 Å². The zero-order chi connectivity index (χ0) is 20.5. The molecule has 3 aromatic heterocycles. The van der Waals surface area contributed by atoms with E-state index in [4.69, 9.17) is 4.42 Å². The zero-order valence-corrected chi connectivity index (χ0v) is 17.6. The molecule has 1 N–H and O–H groups in total. The smallest absolute Gasteiger partial charge is 0.263 e. The van der Waals surface area contributed by atoms with Crippen LogP contribution >= 0.6 is 11.3 Å². The molecule has 0 aliphatic carbocycles. The highest BCUT2D eigenvalue weighted by atomic mass is 32.1. The first-order valence-electron chi connectivity index (χ1n) is 9.39. The summed E-state index contributed by atoms with van der Waals surface area (Å²) in [7, 11) is 0. The second-order valence-corrected chi connectivity index (χ2v) is 7.97. The van der Waals surface area contributed by atoms with Crippen LogP contribution in [0.5, 0.6) is 0 Å². The Morgan fingerprint density at radius 1 is 1.14 bits per heavy atom. The molecule has 6 nitrogen and oxygen atoms in total. The molecule has 3 heterocycles. The van der Waals surface area contributed by atoms with Crippen LogP contribution in [-0.4, -0.2) is 20.7 Å². The fourth-order valence-electron chi connectivity index (χ4n) is 3.28. The van der Waals surface area contributed by atoms with Gasteiger partial charge >= 0.3 is 0 Å². The number of hydrogen-bond donors (Lipinski definition) is 1. The summed E-state index contributed by atoms with van der Waals surface area (Å²) in [6, 6.07) is 13.5. The monoisotopic (exact) mass is 406 g/mol. The summed E-state index contributed by atoms with van der Waals surface area (Å²) in [4.78, 5) is 18.0. The number of aromatic nitrogens is 3. The van der Waals surface area contributed by atoms with Gasteiger partial charge in [-0.1, -0.05) is 18.2 Å². The van der Waals surface area contributed by atoms with Gasteiger partial charge in [-0.05, 0) is 52.0 Å². The molecule has 0 radical (unpaired) electrons. The second-order valence-electron chi connectivity index (χ2n) is 6.97. The van der Waals surface area contributed by atoms with E-state index in [-0.39, 0.29) is 11.9 Å². The van der Waals surface area contributed by atoms with Crippen molar-refractivity contribution in [1.29, 1.82) is 0 Å². The lowest BCUT2D eigenvalue weighted by atomic mass is 10.1. The van der Waals surface area contributed by atoms with Gasteiger partial charge in [-0.2, -0.15) is 5.10 Å². The lowest BCUT2D eigenvalue weighted by Crippen LogP contribution is -2.26. The number of nitrogens with one attached hydrogen (secondary N) is 1. The van der Waals surface area contributed by atoms with Crippen molar-refractivity contribution in [3.05, 3.63) is 76.3 Å². The lowest BCUT2D eigenvalue weighted by Gasteiger charge is -2.14. The molecule has 0 fully saturated rings. The third kappa shape index (κ3) is 3.73. The van der Waals surface area contributed by atoms with E-state index in [2.05, 4.69) is 15.4 Å². The topological polar surface area (TPSA) is 73.0 Å². The third-order valence-corrected chi connectivity index (χ3v) is 5.99. The molecule has 0 aliphatic heterocycles. The van der Waals surface area contributed by atoms with Crippen molar-refractivity contribution in [3.8, 4) is 16.5 Å². The molecule has 1 amide bonds. The van der Waals surface area contributed by atoms with E-state index in [1.54, 1.807) is 0 Å². The Labute approximate surface area is 173 Å². The van der Waals surface area contributed by atoms with Crippen LogP contribution in [0.25, 0.3) is 16.5 Å². The molecular formula is C22H22N4O2S. The molecular weight excluding hydrogens is 384 g/mol. The van der Waals surface area contributed by atoms with Gasteiger partial charge in [-0.15, -0.1) is 11.3 Å². The number of furan rings is 1. The molecule has 7 heteroatoms. The maximum Gasteiger partial charge on any atom is 0.263 e. The average Bonchev–Trinajstić information content (AvgIpc) is 3.40. The number of carbonyl (C=O) groups excluding carboxylic acids is 1. The Hall–Kier alpha value is -3.19. The standard InChI is InChI=1S/C22H22N4O2S/c1-13-10-11-19(28-13)22-25-15(3)20(29-22)21(27)24-14(2)18-12-23-26(16(18)4)17-8-6-5-7-9-17/h5-12,14H,1-4H3,(H,24,27). The quantitative estimate of drug-likeness (QED) is 0.506. The Morgan fingerprint density at radius 3 is 2.59 bits per heavy atom. The maximum absolute atomic E-state index is 12.9. The van der Waals surface area contributed by atoms with Gasteiger partial charge in [0.25, 0.3) is 5.91 Å². The molecule has 0 saturated heterocycles. The minimum atomic E-state index is -0.184. The van der Waals surface area contributed by atoms with Crippen LogP contribution in [-0.2, 0) is 0 Å². The van der Waals surface area contributed by atoms with Crippen LogP contribution in [0, 0.1) is 20.8 Å². The molecule has 4 rings (SSSR count). The van der Waals surface area contributed by atoms with Crippen LogP contribution in [0.4, 0.5) is 0 Å². The van der Waals surface area contributed by atoms with E-state index in [0.29, 0.717) is 21.3 Å². The Bertz CT molecular complexity index is 1160. The molecule has 1 aromatic carbocycles. The van der Waals surface area contributed by atoms with Crippen molar-refractivity contribution in [2.45, 2.75) is 33.7 Å². The van der Waals surface area contributed by atoms with Gasteiger partial charge in [-0.25, -0.2) is 9.67 Å². The Morgan fingerprint density at radius 2 is 1.90 bits per heavy atom. The van der Waals surface area contributed by atoms with Crippen molar-refractivity contribution in [2.75, 3.05) is 0 Å². The first kappa shape index (κ1) is 19.1. The van der Waals surface area contributed by atoms with E-state index >= 15 is 0 Å². The minimum Gasteiger partial charge on any atom is -0.459 e. The van der Waals surface area contributed by atoms with Crippen molar-refractivity contribution < 1.29 is 9.21 Å². The largest absolute Gasteiger partial charge is 0.459 e. The van der Waals surface area contributed by atoms with Gasteiger partial charge < -0.3 is 9.73 Å². The summed E-state index contributed by atoms with van der Waals surface area (Å²) in [6.45, 7) is 7.70. The highest BCUT2D eigenvalue weighted by Crippen LogP contribution is 2.30. The van der Waals surface area contributed by atoms with E-state index in [1.165, 1.54) is 11.3 Å². The molecule has 0 aliphatic rings. The number of nitrogens with zero attached hydrogens (tertiary/aromatic N) is 3. The minimum absolute atomic E-state index is 0.145. The van der Waals surface area contributed by atoms with Gasteiger partial charge in [0.05, 0.1) is 23.6 Å². The number of hydrogen-bond acceptors (Lipinski definition) is 5. The number of amides is 1. The first-order valence-corrected chi connectivity index (χ1v) is 10.2. The van der Waals surface area contributed by atoms with Crippen molar-refractivity contribution >= 4 is 17.2 Å². The van der Waals surface area contributed by atoms with Crippen molar-refractivity contribution in [2.24, 2.45) is 0 Å². The van der Waals surface area contributed by atoms with Crippen LogP contribution in [0.3, 0.4) is 0 Å². The van der Waals surface area contributed by atoms with Gasteiger partial charge in [-0.3, -0.25) is 4.79 Å². The molecule has 0 saturated carbocycles. The normalized spacial score (nSPS) is 12.1. The predicted molar refractivity (Wildman–Crippen MR) is 113 cm³/mol. The second kappa shape index (κ2) is 7.67. The Balaban J connectivity index is 1.54. The van der Waals surface area contributed by atoms with Gasteiger partial charge in [0.1, 0.15) is 10.6 Å². The number of benzene rings is 1. The van der Waals surface area contributed by atoms with Gasteiger partial charge in [0.15, 0.2) is 10.8 Å². The highest BCUT2D eigenvalue weighted by Gasteiger charge is 2.21. The lowest BCUT2D eigenvalue weighted by molar-refractivity contribution is 0.0943. The molecule has 0 spiro atoms. The van der Waals surface area contributed by atoms with Crippen LogP contribution in [0.2, 0.25) is 0 Å². The van der Waals surface area contributed by atoms with E-state index < -0.39 is 0 Å². The summed E-state index contributed by atoms with van der Waals surface area (Å²) in [5.41, 5.74) is 3.66. The average molecular weight is 407 g/mol. The van der Waals surface area contributed by atoms with Crippen molar-refractivity contribution in [1.82, 2.24) is 20.1 Å². The van der Waals surface area contributed by atoms with E-state index in [0.717, 1.165) is 22.7 Å². The third-order valence-electron chi connectivity index (χ3n) is 4.82. The zero-order valence-electron chi connectivity index (χ0n) is 16.8. The van der Waals surface area contributed by atoms with E-state index in [1.807, 2.05) is 81.0 Å². The van der Waals surface area contributed by atoms with E-state index in [9.17, 15) is 4.79 Å². The predicted octanol–water partition coefficient (Wildman–Crippen LogP) is 5.01. The van der Waals surface area contributed by atoms with Crippen LogP contribution < -0.4 is 5.32 Å². The van der Waals surface area contributed by atoms with Crippen LogP contribution in [0.1, 0.15) is 45.3 Å². The summed E-state index contributed by atoms with van der Waals surface area (Å²) in [6.07, 6.45) is 1.81. The fraction of sp³-hybridized carbons (Fsp3) is 0.227. The summed E-state index contributed by atoms with van der Waals surface area (Å²) in [5, 5.41) is 8.28. The number of carbonyl (C=O) groups is 1. The van der Waals surface area contributed by atoms with Gasteiger partial charge in [0.2, 0.25) is 0 Å². The van der Waals surface area contributed by atoms with Crippen LogP contribution in [0.15, 0.2) is 53.1 Å². The SMILES string of the molecule is Cc1ccc(-c2nc(C)c(C(=O)NC(C)c3cnn(-c4ccccc4)c3C)s2)o1. The Kier molecular flexibility index (Phi) is 5.07. The molecule has 4 aromatic rings. The molecule has 0 bridgehead atoms. The number of rotatable bonds is 5. The molecule has 1 unspecified atom stereocenters. The van der Waals surface area contributed by atoms with Crippen molar-refractivity contribution in [3.63, 3.8) is 0 Å². The number of para-hydroxylation sites is 1. The number of aryl methyl sites for hydroxylation is 2. The molecule has 148 valence electrons. The first-order chi connectivity index (χ1) is 13.9. The molecule has 29 heavy (non-hydrogen) atoms. The summed E-state index contributed by atoms with van der Waals surface area (Å²) < 4.78 is 7.52. The molecule has 1 atom stereocenters. The summed E-state index contributed by atoms with van der Waals surface area (Å²) >= 11 is 1.34. The number of thiazole rings is 1. The fourth-order valence-corrected chi connectivity index (χ4v) is 4.21. The maximum atomic E-state index is 12.9. The highest BCUT2D eigenvalue weighted by molar-refractivity contribution is 7.17.